The zero-order valence-electron chi connectivity index (χ0n) is 8.15. The van der Waals surface area contributed by atoms with Crippen molar-refractivity contribution in [3.63, 3.8) is 0 Å². The summed E-state index contributed by atoms with van der Waals surface area (Å²) in [7, 11) is 1.99. The van der Waals surface area contributed by atoms with Crippen LogP contribution in [0.3, 0.4) is 0 Å². The van der Waals surface area contributed by atoms with Crippen molar-refractivity contribution >= 4 is 22.7 Å². The van der Waals surface area contributed by atoms with E-state index in [9.17, 15) is 0 Å². The zero-order valence-corrected chi connectivity index (χ0v) is 9.78. The number of hydrogen-bond donors (Lipinski definition) is 1. The molecular weight excluding hydrogens is 212 g/mol. The van der Waals surface area contributed by atoms with Gasteiger partial charge in [0.15, 0.2) is 0 Å². The molecule has 14 heavy (non-hydrogen) atoms. The maximum atomic E-state index is 4.11. The SMILES string of the molecule is CNC(c1cncs1)c1sccc1C. The Hall–Kier alpha value is -0.710. The van der Waals surface area contributed by atoms with Crippen LogP contribution in [0.1, 0.15) is 21.4 Å². The molecule has 2 aromatic rings. The van der Waals surface area contributed by atoms with Gasteiger partial charge in [-0.1, -0.05) is 0 Å². The van der Waals surface area contributed by atoms with E-state index in [0.29, 0.717) is 6.04 Å². The quantitative estimate of drug-likeness (QED) is 0.867. The molecule has 0 saturated heterocycles. The number of rotatable bonds is 3. The van der Waals surface area contributed by atoms with Crippen molar-refractivity contribution in [1.29, 1.82) is 0 Å². The lowest BCUT2D eigenvalue weighted by atomic mass is 10.1. The fraction of sp³-hybridized carbons (Fsp3) is 0.300. The van der Waals surface area contributed by atoms with Crippen LogP contribution in [0.25, 0.3) is 0 Å². The smallest absolute Gasteiger partial charge is 0.0795 e. The van der Waals surface area contributed by atoms with Crippen LogP contribution in [0.2, 0.25) is 0 Å². The molecule has 0 aliphatic carbocycles. The second-order valence-electron chi connectivity index (χ2n) is 3.09. The number of aromatic nitrogens is 1. The molecule has 74 valence electrons. The molecule has 4 heteroatoms. The molecule has 1 atom stereocenters. The minimum absolute atomic E-state index is 0.308. The Morgan fingerprint density at radius 3 is 2.79 bits per heavy atom. The van der Waals surface area contributed by atoms with Gasteiger partial charge >= 0.3 is 0 Å². The van der Waals surface area contributed by atoms with Crippen LogP contribution >= 0.6 is 22.7 Å². The first-order valence-electron chi connectivity index (χ1n) is 4.42. The zero-order chi connectivity index (χ0) is 9.97. The molecule has 0 aromatic carbocycles. The first-order chi connectivity index (χ1) is 6.83. The Morgan fingerprint density at radius 1 is 1.43 bits per heavy atom. The van der Waals surface area contributed by atoms with Crippen molar-refractivity contribution < 1.29 is 0 Å². The molecule has 0 bridgehead atoms. The van der Waals surface area contributed by atoms with Crippen LogP contribution in [0, 0.1) is 6.92 Å². The minimum Gasteiger partial charge on any atom is -0.308 e. The molecule has 1 N–H and O–H groups in total. The lowest BCUT2D eigenvalue weighted by molar-refractivity contribution is 0.711. The van der Waals surface area contributed by atoms with E-state index in [2.05, 4.69) is 28.7 Å². The average molecular weight is 224 g/mol. The molecule has 0 aliphatic rings. The Balaban J connectivity index is 2.36. The van der Waals surface area contributed by atoms with Gasteiger partial charge in [-0.25, -0.2) is 0 Å². The highest BCUT2D eigenvalue weighted by Gasteiger charge is 2.16. The predicted octanol–water partition coefficient (Wildman–Crippen LogP) is 2.82. The van der Waals surface area contributed by atoms with Crippen LogP contribution in [-0.4, -0.2) is 12.0 Å². The number of nitrogens with zero attached hydrogens (tertiary/aromatic N) is 1. The van der Waals surface area contributed by atoms with E-state index >= 15 is 0 Å². The maximum absolute atomic E-state index is 4.11. The number of nitrogens with one attached hydrogen (secondary N) is 1. The van der Waals surface area contributed by atoms with Gasteiger partial charge in [-0.3, -0.25) is 4.98 Å². The van der Waals surface area contributed by atoms with Gasteiger partial charge in [0.1, 0.15) is 0 Å². The third kappa shape index (κ3) is 1.73. The standard InChI is InChI=1S/C10H12N2S2/c1-7-3-4-13-10(7)9(11-2)8-5-12-6-14-8/h3-6,9,11H,1-2H3. The molecule has 0 aliphatic heterocycles. The van der Waals surface area contributed by atoms with Gasteiger partial charge in [0.2, 0.25) is 0 Å². The normalized spacial score (nSPS) is 13.0. The lowest BCUT2D eigenvalue weighted by Crippen LogP contribution is -2.15. The van der Waals surface area contributed by atoms with Gasteiger partial charge in [-0.05, 0) is 31.0 Å². The molecule has 0 saturated carbocycles. The fourth-order valence-corrected chi connectivity index (χ4v) is 3.32. The monoisotopic (exact) mass is 224 g/mol. The molecule has 2 nitrogen and oxygen atoms in total. The van der Waals surface area contributed by atoms with E-state index in [1.54, 1.807) is 22.7 Å². The highest BCUT2D eigenvalue weighted by atomic mass is 32.1. The summed E-state index contributed by atoms with van der Waals surface area (Å²) in [5.41, 5.74) is 3.23. The van der Waals surface area contributed by atoms with Crippen molar-refractivity contribution in [2.24, 2.45) is 0 Å². The fourth-order valence-electron chi connectivity index (χ4n) is 1.45. The van der Waals surface area contributed by atoms with E-state index in [-0.39, 0.29) is 0 Å². The minimum atomic E-state index is 0.308. The summed E-state index contributed by atoms with van der Waals surface area (Å²) < 4.78 is 0. The largest absolute Gasteiger partial charge is 0.308 e. The Labute approximate surface area is 91.6 Å². The summed E-state index contributed by atoms with van der Waals surface area (Å²) in [6, 6.07) is 2.47. The topological polar surface area (TPSA) is 24.9 Å². The number of aryl methyl sites for hydroxylation is 1. The molecule has 0 amide bonds. The summed E-state index contributed by atoms with van der Waals surface area (Å²) in [6.07, 6.45) is 1.94. The van der Waals surface area contributed by atoms with E-state index in [1.165, 1.54) is 15.3 Å². The molecule has 1 unspecified atom stereocenters. The second kappa shape index (κ2) is 4.21. The summed E-state index contributed by atoms with van der Waals surface area (Å²) >= 11 is 3.49. The van der Waals surface area contributed by atoms with Crippen LogP contribution in [0.15, 0.2) is 23.2 Å². The highest BCUT2D eigenvalue weighted by Crippen LogP contribution is 2.30. The van der Waals surface area contributed by atoms with E-state index < -0.39 is 0 Å². The molecule has 0 fully saturated rings. The Morgan fingerprint density at radius 2 is 2.29 bits per heavy atom. The van der Waals surface area contributed by atoms with Crippen LogP contribution in [-0.2, 0) is 0 Å². The van der Waals surface area contributed by atoms with E-state index in [0.717, 1.165) is 0 Å². The second-order valence-corrected chi connectivity index (χ2v) is 4.96. The lowest BCUT2D eigenvalue weighted by Gasteiger charge is -2.13. The number of hydrogen-bond acceptors (Lipinski definition) is 4. The molecule has 0 spiro atoms. The number of thiazole rings is 1. The molecule has 0 radical (unpaired) electrons. The third-order valence-corrected chi connectivity index (χ3v) is 4.11. The van der Waals surface area contributed by atoms with Gasteiger partial charge in [-0.15, -0.1) is 22.7 Å². The van der Waals surface area contributed by atoms with Crippen LogP contribution in [0.5, 0.6) is 0 Å². The highest BCUT2D eigenvalue weighted by molar-refractivity contribution is 7.11. The van der Waals surface area contributed by atoms with Crippen LogP contribution in [0.4, 0.5) is 0 Å². The van der Waals surface area contributed by atoms with Crippen molar-refractivity contribution in [2.45, 2.75) is 13.0 Å². The van der Waals surface area contributed by atoms with Gasteiger partial charge in [0, 0.05) is 16.0 Å². The van der Waals surface area contributed by atoms with E-state index in [1.807, 2.05) is 18.8 Å². The Bertz CT molecular complexity index is 392. The van der Waals surface area contributed by atoms with Crippen molar-refractivity contribution in [2.75, 3.05) is 7.05 Å². The van der Waals surface area contributed by atoms with E-state index in [4.69, 9.17) is 0 Å². The summed E-state index contributed by atoms with van der Waals surface area (Å²) in [5.74, 6) is 0. The molecule has 2 rings (SSSR count). The predicted molar refractivity (Wildman–Crippen MR) is 62.1 cm³/mol. The Kier molecular flexibility index (Phi) is 2.96. The van der Waals surface area contributed by atoms with Gasteiger partial charge in [0.05, 0.1) is 11.6 Å². The summed E-state index contributed by atoms with van der Waals surface area (Å²) in [6.45, 7) is 2.15. The van der Waals surface area contributed by atoms with Gasteiger partial charge < -0.3 is 5.32 Å². The third-order valence-electron chi connectivity index (χ3n) is 2.19. The van der Waals surface area contributed by atoms with Crippen molar-refractivity contribution in [1.82, 2.24) is 10.3 Å². The first-order valence-corrected chi connectivity index (χ1v) is 6.18. The van der Waals surface area contributed by atoms with Crippen molar-refractivity contribution in [3.05, 3.63) is 38.5 Å². The molecular formula is C10H12N2S2. The summed E-state index contributed by atoms with van der Waals surface area (Å²) in [4.78, 5) is 6.78. The molecule has 2 aromatic heterocycles. The summed E-state index contributed by atoms with van der Waals surface area (Å²) in [5, 5.41) is 5.46. The average Bonchev–Trinajstić information content (AvgIpc) is 2.80. The molecule has 2 heterocycles. The van der Waals surface area contributed by atoms with Crippen LogP contribution < -0.4 is 5.32 Å². The number of thiophene rings is 1. The first kappa shape index (κ1) is 9.83. The van der Waals surface area contributed by atoms with Gasteiger partial charge in [-0.2, -0.15) is 0 Å². The van der Waals surface area contributed by atoms with Crippen molar-refractivity contribution in [3.8, 4) is 0 Å². The maximum Gasteiger partial charge on any atom is 0.0795 e. The van der Waals surface area contributed by atoms with Gasteiger partial charge in [0.25, 0.3) is 0 Å².